The fraction of sp³-hybridized carbons (Fsp3) is 0.273. The van der Waals surface area contributed by atoms with Gasteiger partial charge in [0.1, 0.15) is 23.9 Å². The molecule has 0 aliphatic carbocycles. The van der Waals surface area contributed by atoms with Gasteiger partial charge in [-0.1, -0.05) is 40.5 Å². The molecule has 0 fully saturated rings. The molecule has 0 saturated carbocycles. The summed E-state index contributed by atoms with van der Waals surface area (Å²) >= 11 is 11.8. The zero-order chi connectivity index (χ0) is 21.8. The van der Waals surface area contributed by atoms with E-state index in [2.05, 4.69) is 10.5 Å². The SMILES string of the molecule is Cc1noc(C)c1COc1ccc(CC(=O)NC(C)c2cc(F)c(Cl)cc2Cl)cc1. The van der Waals surface area contributed by atoms with Crippen molar-refractivity contribution in [2.24, 2.45) is 0 Å². The Morgan fingerprint density at radius 2 is 1.90 bits per heavy atom. The first-order valence-electron chi connectivity index (χ1n) is 9.32. The number of carbonyl (C=O) groups is 1. The Hall–Kier alpha value is -2.57. The first-order valence-corrected chi connectivity index (χ1v) is 10.1. The third-order valence-corrected chi connectivity index (χ3v) is 5.35. The van der Waals surface area contributed by atoms with Crippen molar-refractivity contribution >= 4 is 29.1 Å². The molecule has 0 bridgehead atoms. The number of aryl methyl sites for hydroxylation is 2. The molecule has 1 atom stereocenters. The molecule has 1 N–H and O–H groups in total. The summed E-state index contributed by atoms with van der Waals surface area (Å²) in [6, 6.07) is 9.35. The predicted molar refractivity (Wildman–Crippen MR) is 113 cm³/mol. The summed E-state index contributed by atoms with van der Waals surface area (Å²) in [4.78, 5) is 12.4. The van der Waals surface area contributed by atoms with Gasteiger partial charge in [0, 0.05) is 5.02 Å². The predicted octanol–water partition coefficient (Wildman–Crippen LogP) is 5.74. The molecule has 0 spiro atoms. The highest BCUT2D eigenvalue weighted by molar-refractivity contribution is 6.35. The van der Waals surface area contributed by atoms with Gasteiger partial charge in [-0.2, -0.15) is 0 Å². The Kier molecular flexibility index (Phi) is 7.00. The molecule has 0 radical (unpaired) electrons. The number of halogens is 3. The van der Waals surface area contributed by atoms with E-state index >= 15 is 0 Å². The Balaban J connectivity index is 1.56. The molecule has 5 nitrogen and oxygen atoms in total. The summed E-state index contributed by atoms with van der Waals surface area (Å²) in [5, 5.41) is 6.96. The monoisotopic (exact) mass is 450 g/mol. The van der Waals surface area contributed by atoms with Crippen molar-refractivity contribution in [3.63, 3.8) is 0 Å². The lowest BCUT2D eigenvalue weighted by Crippen LogP contribution is -2.28. The third-order valence-electron chi connectivity index (χ3n) is 4.74. The zero-order valence-electron chi connectivity index (χ0n) is 16.8. The summed E-state index contributed by atoms with van der Waals surface area (Å²) in [6.45, 7) is 5.80. The number of ether oxygens (including phenoxy) is 1. The van der Waals surface area contributed by atoms with Gasteiger partial charge >= 0.3 is 0 Å². The maximum Gasteiger partial charge on any atom is 0.224 e. The van der Waals surface area contributed by atoms with E-state index in [-0.39, 0.29) is 17.4 Å². The van der Waals surface area contributed by atoms with Crippen LogP contribution in [0.4, 0.5) is 4.39 Å². The minimum atomic E-state index is -0.579. The minimum absolute atomic E-state index is 0.0565. The topological polar surface area (TPSA) is 64.4 Å². The number of nitrogens with one attached hydrogen (secondary N) is 1. The lowest BCUT2D eigenvalue weighted by Gasteiger charge is -2.16. The fourth-order valence-electron chi connectivity index (χ4n) is 2.99. The van der Waals surface area contributed by atoms with Crippen molar-refractivity contribution < 1.29 is 18.4 Å². The number of nitrogens with zero attached hydrogens (tertiary/aromatic N) is 1. The Labute approximate surface area is 184 Å². The maximum atomic E-state index is 13.7. The fourth-order valence-corrected chi connectivity index (χ4v) is 3.54. The normalized spacial score (nSPS) is 11.9. The van der Waals surface area contributed by atoms with Gasteiger partial charge in [0.05, 0.1) is 28.7 Å². The lowest BCUT2D eigenvalue weighted by molar-refractivity contribution is -0.121. The Bertz CT molecular complexity index is 1030. The Morgan fingerprint density at radius 1 is 1.20 bits per heavy atom. The van der Waals surface area contributed by atoms with Gasteiger partial charge in [-0.15, -0.1) is 0 Å². The van der Waals surface area contributed by atoms with Crippen LogP contribution in [0.25, 0.3) is 0 Å². The summed E-state index contributed by atoms with van der Waals surface area (Å²) in [6.07, 6.45) is 0.169. The molecular formula is C22H21Cl2FN2O3. The third kappa shape index (κ3) is 5.32. The molecular weight excluding hydrogens is 430 g/mol. The van der Waals surface area contributed by atoms with E-state index in [0.29, 0.717) is 22.9 Å². The van der Waals surface area contributed by atoms with Gasteiger partial charge in [0.25, 0.3) is 0 Å². The van der Waals surface area contributed by atoms with Crippen LogP contribution in [0.3, 0.4) is 0 Å². The number of benzene rings is 2. The van der Waals surface area contributed by atoms with Gasteiger partial charge in [-0.3, -0.25) is 4.79 Å². The largest absolute Gasteiger partial charge is 0.489 e. The van der Waals surface area contributed by atoms with Gasteiger partial charge in [-0.05, 0) is 56.2 Å². The number of carbonyl (C=O) groups excluding carboxylic acids is 1. The van der Waals surface area contributed by atoms with Crippen LogP contribution in [-0.4, -0.2) is 11.1 Å². The molecule has 3 aromatic rings. The number of hydrogen-bond donors (Lipinski definition) is 1. The van der Waals surface area contributed by atoms with E-state index in [1.807, 2.05) is 26.0 Å². The molecule has 3 rings (SSSR count). The summed E-state index contributed by atoms with van der Waals surface area (Å²) < 4.78 is 24.6. The second-order valence-corrected chi connectivity index (χ2v) is 7.80. The molecule has 1 unspecified atom stereocenters. The first-order chi connectivity index (χ1) is 14.2. The van der Waals surface area contributed by atoms with Crippen LogP contribution in [0.2, 0.25) is 10.0 Å². The number of amides is 1. The van der Waals surface area contributed by atoms with Crippen LogP contribution in [-0.2, 0) is 17.8 Å². The van der Waals surface area contributed by atoms with E-state index in [9.17, 15) is 9.18 Å². The highest BCUT2D eigenvalue weighted by Crippen LogP contribution is 2.28. The average molecular weight is 451 g/mol. The first kappa shape index (κ1) is 22.1. The minimum Gasteiger partial charge on any atom is -0.489 e. The van der Waals surface area contributed by atoms with E-state index in [1.54, 1.807) is 19.1 Å². The van der Waals surface area contributed by atoms with Crippen LogP contribution < -0.4 is 10.1 Å². The van der Waals surface area contributed by atoms with Crippen molar-refractivity contribution in [2.45, 2.75) is 39.8 Å². The van der Waals surface area contributed by atoms with Crippen molar-refractivity contribution in [3.8, 4) is 5.75 Å². The molecule has 1 heterocycles. The molecule has 1 amide bonds. The number of rotatable bonds is 7. The standard InChI is InChI=1S/C22H21Cl2FN2O3/c1-12(17-9-21(25)20(24)10-19(17)23)26-22(28)8-15-4-6-16(7-5-15)29-11-18-13(2)27-30-14(18)3/h4-7,9-10,12H,8,11H2,1-3H3,(H,26,28). The Morgan fingerprint density at radius 3 is 2.53 bits per heavy atom. The highest BCUT2D eigenvalue weighted by atomic mass is 35.5. The number of aromatic nitrogens is 1. The van der Waals surface area contributed by atoms with Crippen molar-refractivity contribution in [1.29, 1.82) is 0 Å². The maximum absolute atomic E-state index is 13.7. The second kappa shape index (κ2) is 9.49. The van der Waals surface area contributed by atoms with Crippen LogP contribution >= 0.6 is 23.2 Å². The van der Waals surface area contributed by atoms with Gasteiger partial charge in [-0.25, -0.2) is 4.39 Å². The van der Waals surface area contributed by atoms with E-state index in [1.165, 1.54) is 12.1 Å². The molecule has 30 heavy (non-hydrogen) atoms. The van der Waals surface area contributed by atoms with Crippen LogP contribution in [0.15, 0.2) is 40.9 Å². The van der Waals surface area contributed by atoms with E-state index < -0.39 is 11.9 Å². The van der Waals surface area contributed by atoms with Crippen LogP contribution in [0.1, 0.15) is 41.1 Å². The lowest BCUT2D eigenvalue weighted by atomic mass is 10.1. The van der Waals surface area contributed by atoms with Crippen LogP contribution in [0, 0.1) is 19.7 Å². The summed E-state index contributed by atoms with van der Waals surface area (Å²) in [7, 11) is 0. The average Bonchev–Trinajstić information content (AvgIpc) is 3.01. The summed E-state index contributed by atoms with van der Waals surface area (Å²) in [5.74, 6) is 0.620. The van der Waals surface area contributed by atoms with Crippen LogP contribution in [0.5, 0.6) is 5.75 Å². The molecule has 0 aliphatic rings. The van der Waals surface area contributed by atoms with Gasteiger partial charge < -0.3 is 14.6 Å². The quantitative estimate of drug-likeness (QED) is 0.466. The van der Waals surface area contributed by atoms with E-state index in [4.69, 9.17) is 32.5 Å². The molecule has 8 heteroatoms. The second-order valence-electron chi connectivity index (χ2n) is 6.99. The smallest absolute Gasteiger partial charge is 0.224 e. The van der Waals surface area contributed by atoms with E-state index in [0.717, 1.165) is 22.6 Å². The van der Waals surface area contributed by atoms with Crippen molar-refractivity contribution in [3.05, 3.63) is 80.4 Å². The van der Waals surface area contributed by atoms with Crippen molar-refractivity contribution in [2.75, 3.05) is 0 Å². The zero-order valence-corrected chi connectivity index (χ0v) is 18.3. The molecule has 158 valence electrons. The van der Waals surface area contributed by atoms with Gasteiger partial charge in [0.2, 0.25) is 5.91 Å². The molecule has 1 aromatic heterocycles. The molecule has 0 saturated heterocycles. The van der Waals surface area contributed by atoms with Gasteiger partial charge in [0.15, 0.2) is 0 Å². The van der Waals surface area contributed by atoms with Crippen molar-refractivity contribution in [1.82, 2.24) is 10.5 Å². The molecule has 0 aliphatic heterocycles. The highest BCUT2D eigenvalue weighted by Gasteiger charge is 2.16. The summed E-state index contributed by atoms with van der Waals surface area (Å²) in [5.41, 5.74) is 3.01. The molecule has 2 aromatic carbocycles. The number of hydrogen-bond acceptors (Lipinski definition) is 4.